The first-order valence-electron chi connectivity index (χ1n) is 5.32. The first kappa shape index (κ1) is 11.6. The third kappa shape index (κ3) is 1.48. The van der Waals surface area contributed by atoms with E-state index in [0.29, 0.717) is 10.5 Å². The normalized spacial score (nSPS) is 39.5. The van der Waals surface area contributed by atoms with Gasteiger partial charge in [0, 0.05) is 0 Å². The summed E-state index contributed by atoms with van der Waals surface area (Å²) in [5, 5.41) is 0.404. The Balaban J connectivity index is 3.06. The fourth-order valence-electron chi connectivity index (χ4n) is 2.80. The Hall–Kier alpha value is 0.507. The smallest absolute Gasteiger partial charge is 0.156 e. The summed E-state index contributed by atoms with van der Waals surface area (Å²) in [7, 11) is -1.55. The molecule has 0 heterocycles. The van der Waals surface area contributed by atoms with Crippen LogP contribution in [0.2, 0.25) is 18.1 Å². The van der Waals surface area contributed by atoms with Gasteiger partial charge in [0.15, 0.2) is 7.38 Å². The Morgan fingerprint density at radius 1 is 1.23 bits per heavy atom. The van der Waals surface area contributed by atoms with Crippen LogP contribution in [0.4, 0.5) is 0 Å². The molecule has 13 heavy (non-hydrogen) atoms. The van der Waals surface area contributed by atoms with Crippen LogP contribution >= 0.6 is 11.1 Å². The minimum absolute atomic E-state index is 0.404. The minimum Gasteiger partial charge on any atom is -0.167 e. The maximum absolute atomic E-state index is 6.67. The Kier molecular flexibility index (Phi) is 2.67. The second kappa shape index (κ2) is 3.00. The lowest BCUT2D eigenvalue weighted by Crippen LogP contribution is -2.43. The first-order chi connectivity index (χ1) is 5.63. The molecule has 2 unspecified atom stereocenters. The fraction of sp³-hybridized carbons (Fsp3) is 1.00. The van der Waals surface area contributed by atoms with Gasteiger partial charge in [-0.1, -0.05) is 40.8 Å². The lowest BCUT2D eigenvalue weighted by Gasteiger charge is -2.47. The number of hydrogen-bond acceptors (Lipinski definition) is 0. The molecule has 0 bridgehead atoms. The van der Waals surface area contributed by atoms with Gasteiger partial charge in [-0.25, -0.2) is 0 Å². The van der Waals surface area contributed by atoms with Crippen molar-refractivity contribution in [2.45, 2.75) is 58.7 Å². The minimum atomic E-state index is -1.55. The van der Waals surface area contributed by atoms with Crippen molar-refractivity contribution in [1.29, 1.82) is 0 Å². The van der Waals surface area contributed by atoms with Gasteiger partial charge < -0.3 is 0 Å². The summed E-state index contributed by atoms with van der Waals surface area (Å²) in [5.41, 5.74) is 0.421. The number of halogens is 1. The molecular weight excluding hydrogens is 196 g/mol. The molecule has 0 saturated heterocycles. The van der Waals surface area contributed by atoms with Gasteiger partial charge in [-0.3, -0.25) is 0 Å². The van der Waals surface area contributed by atoms with Gasteiger partial charge in [0.2, 0.25) is 0 Å². The standard InChI is InChI=1S/C11H23ClSi/c1-9-7-8-11(4,10(9,2)3)13(5,6)12/h9H,7-8H2,1-6H3. The van der Waals surface area contributed by atoms with Gasteiger partial charge >= 0.3 is 0 Å². The van der Waals surface area contributed by atoms with Crippen LogP contribution in [0.25, 0.3) is 0 Å². The van der Waals surface area contributed by atoms with Crippen LogP contribution < -0.4 is 0 Å². The molecule has 0 N–H and O–H groups in total. The van der Waals surface area contributed by atoms with E-state index in [9.17, 15) is 0 Å². The predicted molar refractivity (Wildman–Crippen MR) is 63.9 cm³/mol. The predicted octanol–water partition coefficient (Wildman–Crippen LogP) is 4.65. The van der Waals surface area contributed by atoms with Crippen LogP contribution in [0.3, 0.4) is 0 Å². The molecule has 1 saturated carbocycles. The zero-order valence-corrected chi connectivity index (χ0v) is 11.6. The van der Waals surface area contributed by atoms with Crippen molar-refractivity contribution >= 4 is 18.5 Å². The van der Waals surface area contributed by atoms with Gasteiger partial charge in [-0.05, 0) is 29.2 Å². The van der Waals surface area contributed by atoms with E-state index in [-0.39, 0.29) is 0 Å². The third-order valence-electron chi connectivity index (χ3n) is 5.04. The highest BCUT2D eigenvalue weighted by Crippen LogP contribution is 2.66. The molecule has 2 atom stereocenters. The van der Waals surface area contributed by atoms with Crippen molar-refractivity contribution in [3.8, 4) is 0 Å². The topological polar surface area (TPSA) is 0 Å². The molecule has 2 heteroatoms. The molecule has 0 aromatic carbocycles. The molecule has 0 amide bonds. The summed E-state index contributed by atoms with van der Waals surface area (Å²) in [6.45, 7) is 14.2. The van der Waals surface area contributed by atoms with E-state index in [1.54, 1.807) is 0 Å². The van der Waals surface area contributed by atoms with Crippen molar-refractivity contribution in [2.75, 3.05) is 0 Å². The van der Waals surface area contributed by atoms with Gasteiger partial charge in [0.05, 0.1) is 0 Å². The van der Waals surface area contributed by atoms with Crippen molar-refractivity contribution in [2.24, 2.45) is 11.3 Å². The van der Waals surface area contributed by atoms with E-state index in [0.717, 1.165) is 5.92 Å². The van der Waals surface area contributed by atoms with Crippen LogP contribution in [0, 0.1) is 11.3 Å². The second-order valence-electron chi connectivity index (χ2n) is 5.97. The monoisotopic (exact) mass is 218 g/mol. The Morgan fingerprint density at radius 3 is 1.85 bits per heavy atom. The molecule has 1 aliphatic rings. The van der Waals surface area contributed by atoms with E-state index >= 15 is 0 Å². The van der Waals surface area contributed by atoms with Crippen LogP contribution in [0.1, 0.15) is 40.5 Å². The number of hydrogen-bond donors (Lipinski definition) is 0. The highest BCUT2D eigenvalue weighted by atomic mass is 35.6. The van der Waals surface area contributed by atoms with E-state index in [4.69, 9.17) is 11.1 Å². The molecule has 0 radical (unpaired) electrons. The van der Waals surface area contributed by atoms with Crippen molar-refractivity contribution < 1.29 is 0 Å². The van der Waals surface area contributed by atoms with Gasteiger partial charge in [-0.15, -0.1) is 0 Å². The molecular formula is C11H23ClSi. The van der Waals surface area contributed by atoms with Crippen LogP contribution in [0.5, 0.6) is 0 Å². The maximum atomic E-state index is 6.67. The second-order valence-corrected chi connectivity index (χ2v) is 12.8. The molecule has 0 spiro atoms. The molecule has 1 fully saturated rings. The Morgan fingerprint density at radius 2 is 1.69 bits per heavy atom. The highest BCUT2D eigenvalue weighted by Gasteiger charge is 2.57. The molecule has 0 aromatic rings. The average molecular weight is 219 g/mol. The lowest BCUT2D eigenvalue weighted by molar-refractivity contribution is 0.219. The zero-order valence-electron chi connectivity index (χ0n) is 9.87. The lowest BCUT2D eigenvalue weighted by atomic mass is 9.76. The van der Waals surface area contributed by atoms with Gasteiger partial charge in [0.1, 0.15) is 0 Å². The maximum Gasteiger partial charge on any atom is 0.156 e. The molecule has 1 aliphatic carbocycles. The van der Waals surface area contributed by atoms with Gasteiger partial charge in [-0.2, -0.15) is 11.1 Å². The molecule has 0 nitrogen and oxygen atoms in total. The molecule has 78 valence electrons. The average Bonchev–Trinajstić information content (AvgIpc) is 2.13. The summed E-state index contributed by atoms with van der Waals surface area (Å²) in [5.74, 6) is 0.822. The Labute approximate surface area is 88.8 Å². The quantitative estimate of drug-likeness (QED) is 0.444. The zero-order chi connectivity index (χ0) is 10.5. The molecule has 0 aliphatic heterocycles. The third-order valence-corrected chi connectivity index (χ3v) is 9.81. The fourth-order valence-corrected chi connectivity index (χ4v) is 6.33. The number of rotatable bonds is 1. The summed E-state index contributed by atoms with van der Waals surface area (Å²) >= 11 is 6.67. The van der Waals surface area contributed by atoms with Gasteiger partial charge in [0.25, 0.3) is 0 Å². The van der Waals surface area contributed by atoms with E-state index in [2.05, 4.69) is 40.8 Å². The van der Waals surface area contributed by atoms with Crippen LogP contribution in [-0.4, -0.2) is 7.38 Å². The summed E-state index contributed by atoms with van der Waals surface area (Å²) in [6.07, 6.45) is 2.68. The van der Waals surface area contributed by atoms with Crippen molar-refractivity contribution in [3.63, 3.8) is 0 Å². The van der Waals surface area contributed by atoms with Crippen molar-refractivity contribution in [3.05, 3.63) is 0 Å². The van der Waals surface area contributed by atoms with Crippen LogP contribution in [-0.2, 0) is 0 Å². The largest absolute Gasteiger partial charge is 0.167 e. The first-order valence-corrected chi connectivity index (χ1v) is 9.33. The SMILES string of the molecule is CC1CCC(C)([Si](C)(C)Cl)C1(C)C. The highest BCUT2D eigenvalue weighted by molar-refractivity contribution is 7.20. The summed E-state index contributed by atoms with van der Waals surface area (Å²) in [4.78, 5) is 0. The summed E-state index contributed by atoms with van der Waals surface area (Å²) < 4.78 is 0. The van der Waals surface area contributed by atoms with E-state index in [1.807, 2.05) is 0 Å². The van der Waals surface area contributed by atoms with Crippen LogP contribution in [0.15, 0.2) is 0 Å². The Bertz CT molecular complexity index is 205. The summed E-state index contributed by atoms with van der Waals surface area (Å²) in [6, 6.07) is 0. The molecule has 0 aromatic heterocycles. The van der Waals surface area contributed by atoms with Crippen molar-refractivity contribution in [1.82, 2.24) is 0 Å². The van der Waals surface area contributed by atoms with E-state index in [1.165, 1.54) is 12.8 Å². The molecule has 1 rings (SSSR count). The van der Waals surface area contributed by atoms with E-state index < -0.39 is 7.38 Å².